The summed E-state index contributed by atoms with van der Waals surface area (Å²) in [5.74, 6) is -0.295. The molecule has 0 saturated carbocycles. The van der Waals surface area contributed by atoms with Crippen LogP contribution in [0.1, 0.15) is 18.1 Å². The third-order valence-electron chi connectivity index (χ3n) is 3.94. The van der Waals surface area contributed by atoms with Crippen molar-refractivity contribution in [2.45, 2.75) is 20.3 Å². The number of nitrogens with one attached hydrogen (secondary N) is 2. The fraction of sp³-hybridized carbons (Fsp3) is 0.300. The van der Waals surface area contributed by atoms with Crippen LogP contribution >= 0.6 is 15.9 Å². The van der Waals surface area contributed by atoms with Crippen LogP contribution < -0.4 is 10.6 Å². The Balaban J connectivity index is 1.85. The normalized spacial score (nSPS) is 10.7. The molecule has 5 nitrogen and oxygen atoms in total. The Morgan fingerprint density at radius 2 is 1.69 bits per heavy atom. The molecule has 26 heavy (non-hydrogen) atoms. The summed E-state index contributed by atoms with van der Waals surface area (Å²) in [6, 6.07) is 13.4. The number of aryl methyl sites for hydroxylation is 2. The van der Waals surface area contributed by atoms with Gasteiger partial charge in [-0.2, -0.15) is 0 Å². The zero-order valence-corrected chi connectivity index (χ0v) is 16.9. The highest BCUT2D eigenvalue weighted by Gasteiger charge is 2.12. The summed E-state index contributed by atoms with van der Waals surface area (Å²) >= 11 is 3.43. The van der Waals surface area contributed by atoms with E-state index in [1.54, 1.807) is 11.9 Å². The van der Waals surface area contributed by atoms with Crippen LogP contribution in [-0.4, -0.2) is 36.9 Å². The Labute approximate surface area is 162 Å². The fourth-order valence-electron chi connectivity index (χ4n) is 2.61. The molecule has 138 valence electrons. The maximum atomic E-state index is 12.2. The molecule has 0 saturated heterocycles. The molecule has 2 rings (SSSR count). The predicted octanol–water partition coefficient (Wildman–Crippen LogP) is 3.83. The van der Waals surface area contributed by atoms with Gasteiger partial charge in [-0.3, -0.25) is 14.5 Å². The molecule has 0 heterocycles. The Morgan fingerprint density at radius 1 is 1.04 bits per heavy atom. The maximum Gasteiger partial charge on any atom is 0.238 e. The van der Waals surface area contributed by atoms with Gasteiger partial charge in [-0.15, -0.1) is 0 Å². The van der Waals surface area contributed by atoms with Crippen molar-refractivity contribution >= 4 is 39.1 Å². The molecule has 0 aliphatic rings. The van der Waals surface area contributed by atoms with Gasteiger partial charge in [0.25, 0.3) is 0 Å². The van der Waals surface area contributed by atoms with Gasteiger partial charge >= 0.3 is 0 Å². The summed E-state index contributed by atoms with van der Waals surface area (Å²) in [6.45, 7) is 4.29. The number of para-hydroxylation sites is 1. The number of hydrogen-bond donors (Lipinski definition) is 2. The third kappa shape index (κ3) is 5.97. The Bertz CT molecular complexity index is 792. The highest BCUT2D eigenvalue weighted by atomic mass is 79.9. The lowest BCUT2D eigenvalue weighted by atomic mass is 10.1. The van der Waals surface area contributed by atoms with E-state index in [0.717, 1.165) is 33.4 Å². The number of nitrogens with zero attached hydrogens (tertiary/aromatic N) is 1. The van der Waals surface area contributed by atoms with Crippen molar-refractivity contribution in [3.8, 4) is 0 Å². The molecule has 2 amide bonds. The molecule has 0 atom stereocenters. The predicted molar refractivity (Wildman–Crippen MR) is 109 cm³/mol. The van der Waals surface area contributed by atoms with Gasteiger partial charge < -0.3 is 10.6 Å². The first-order valence-electron chi connectivity index (χ1n) is 8.51. The quantitative estimate of drug-likeness (QED) is 0.719. The van der Waals surface area contributed by atoms with Gasteiger partial charge in [0.15, 0.2) is 0 Å². The number of carbonyl (C=O) groups is 2. The number of benzene rings is 2. The number of hydrogen-bond acceptors (Lipinski definition) is 3. The van der Waals surface area contributed by atoms with E-state index < -0.39 is 0 Å². The monoisotopic (exact) mass is 417 g/mol. The van der Waals surface area contributed by atoms with Crippen LogP contribution in [0.25, 0.3) is 0 Å². The van der Waals surface area contributed by atoms with Gasteiger partial charge in [0.1, 0.15) is 0 Å². The highest BCUT2D eigenvalue weighted by molar-refractivity contribution is 9.10. The van der Waals surface area contributed by atoms with E-state index in [4.69, 9.17) is 0 Å². The summed E-state index contributed by atoms with van der Waals surface area (Å²) in [6.07, 6.45) is 0.849. The lowest BCUT2D eigenvalue weighted by molar-refractivity contribution is -0.119. The molecule has 0 spiro atoms. The van der Waals surface area contributed by atoms with E-state index in [1.807, 2.05) is 56.3 Å². The lowest BCUT2D eigenvalue weighted by Crippen LogP contribution is -2.36. The van der Waals surface area contributed by atoms with Crippen molar-refractivity contribution in [2.24, 2.45) is 0 Å². The van der Waals surface area contributed by atoms with Crippen LogP contribution in [0.2, 0.25) is 0 Å². The van der Waals surface area contributed by atoms with Crippen LogP contribution in [0, 0.1) is 6.92 Å². The summed E-state index contributed by atoms with van der Waals surface area (Å²) in [5, 5.41) is 5.76. The maximum absolute atomic E-state index is 12.2. The average molecular weight is 418 g/mol. The minimum absolute atomic E-state index is 0.137. The molecule has 0 aromatic heterocycles. The summed E-state index contributed by atoms with van der Waals surface area (Å²) in [4.78, 5) is 26.1. The molecule has 2 aromatic rings. The van der Waals surface area contributed by atoms with E-state index in [0.29, 0.717) is 0 Å². The molecule has 0 aliphatic heterocycles. The Kier molecular flexibility index (Phi) is 7.36. The van der Waals surface area contributed by atoms with Crippen molar-refractivity contribution in [3.05, 3.63) is 58.1 Å². The van der Waals surface area contributed by atoms with Gasteiger partial charge in [-0.1, -0.05) is 41.1 Å². The minimum atomic E-state index is -0.156. The van der Waals surface area contributed by atoms with Crippen molar-refractivity contribution < 1.29 is 9.59 Å². The average Bonchev–Trinajstić information content (AvgIpc) is 2.58. The van der Waals surface area contributed by atoms with Crippen LogP contribution in [-0.2, 0) is 16.0 Å². The second-order valence-electron chi connectivity index (χ2n) is 6.24. The molecule has 2 N–H and O–H groups in total. The first kappa shape index (κ1) is 20.1. The molecular formula is C20H24BrN3O2. The highest BCUT2D eigenvalue weighted by Crippen LogP contribution is 2.20. The standard InChI is InChI=1S/C20H24BrN3O2/c1-4-15-7-5-6-8-18(15)23-20(26)13-24(3)12-19(25)22-16-9-10-17(21)14(2)11-16/h5-11H,4,12-13H2,1-3H3,(H,22,25)(H,23,26). The van der Waals surface area contributed by atoms with Gasteiger partial charge in [-0.05, 0) is 55.8 Å². The first-order chi connectivity index (χ1) is 12.4. The number of carbonyl (C=O) groups excluding carboxylic acids is 2. The third-order valence-corrected chi connectivity index (χ3v) is 4.83. The van der Waals surface area contributed by atoms with Gasteiger partial charge in [-0.25, -0.2) is 0 Å². The summed E-state index contributed by atoms with van der Waals surface area (Å²) < 4.78 is 0.997. The zero-order valence-electron chi connectivity index (χ0n) is 15.3. The van der Waals surface area contributed by atoms with Crippen molar-refractivity contribution in [1.29, 1.82) is 0 Å². The zero-order chi connectivity index (χ0) is 19.1. The Hall–Kier alpha value is -2.18. The van der Waals surface area contributed by atoms with E-state index in [9.17, 15) is 9.59 Å². The molecular weight excluding hydrogens is 394 g/mol. The van der Waals surface area contributed by atoms with Crippen molar-refractivity contribution in [2.75, 3.05) is 30.8 Å². The molecule has 6 heteroatoms. The fourth-order valence-corrected chi connectivity index (χ4v) is 2.86. The second kappa shape index (κ2) is 9.50. The van der Waals surface area contributed by atoms with Crippen LogP contribution in [0.4, 0.5) is 11.4 Å². The molecule has 0 unspecified atom stereocenters. The largest absolute Gasteiger partial charge is 0.325 e. The van der Waals surface area contributed by atoms with Crippen molar-refractivity contribution in [1.82, 2.24) is 4.90 Å². The number of amides is 2. The van der Waals surface area contributed by atoms with Crippen LogP contribution in [0.5, 0.6) is 0 Å². The number of likely N-dealkylation sites (N-methyl/N-ethyl adjacent to an activating group) is 1. The van der Waals surface area contributed by atoms with Gasteiger partial charge in [0.05, 0.1) is 13.1 Å². The molecule has 0 radical (unpaired) electrons. The Morgan fingerprint density at radius 3 is 2.35 bits per heavy atom. The molecule has 0 bridgehead atoms. The number of halogens is 1. The van der Waals surface area contributed by atoms with E-state index in [-0.39, 0.29) is 24.9 Å². The summed E-state index contributed by atoms with van der Waals surface area (Å²) in [7, 11) is 1.75. The number of anilines is 2. The van der Waals surface area contributed by atoms with E-state index >= 15 is 0 Å². The van der Waals surface area contributed by atoms with Crippen LogP contribution in [0.15, 0.2) is 46.9 Å². The van der Waals surface area contributed by atoms with E-state index in [1.165, 1.54) is 0 Å². The molecule has 0 aliphatic carbocycles. The van der Waals surface area contributed by atoms with Crippen molar-refractivity contribution in [3.63, 3.8) is 0 Å². The minimum Gasteiger partial charge on any atom is -0.325 e. The van der Waals surface area contributed by atoms with Crippen LogP contribution in [0.3, 0.4) is 0 Å². The topological polar surface area (TPSA) is 61.4 Å². The molecule has 0 fully saturated rings. The lowest BCUT2D eigenvalue weighted by Gasteiger charge is -2.17. The SMILES string of the molecule is CCc1ccccc1NC(=O)CN(C)CC(=O)Nc1ccc(Br)c(C)c1. The van der Waals surface area contributed by atoms with Gasteiger partial charge in [0.2, 0.25) is 11.8 Å². The van der Waals surface area contributed by atoms with E-state index in [2.05, 4.69) is 26.6 Å². The summed E-state index contributed by atoms with van der Waals surface area (Å²) in [5.41, 5.74) is 3.70. The molecule has 2 aromatic carbocycles. The smallest absolute Gasteiger partial charge is 0.238 e. The number of rotatable bonds is 7. The first-order valence-corrected chi connectivity index (χ1v) is 9.30. The van der Waals surface area contributed by atoms with Gasteiger partial charge in [0, 0.05) is 15.8 Å². The second-order valence-corrected chi connectivity index (χ2v) is 7.10.